The van der Waals surface area contributed by atoms with E-state index in [0.29, 0.717) is 12.1 Å². The monoisotopic (exact) mass is 341 g/mol. The van der Waals surface area contributed by atoms with Crippen molar-refractivity contribution < 1.29 is 9.53 Å². The first-order valence-electron chi connectivity index (χ1n) is 9.07. The molecule has 1 atom stereocenters. The molecule has 1 saturated heterocycles. The van der Waals surface area contributed by atoms with E-state index < -0.39 is 6.04 Å². The Morgan fingerprint density at radius 3 is 2.60 bits per heavy atom. The number of rotatable bonds is 4. The molecule has 1 fully saturated rings. The smallest absolute Gasteiger partial charge is 0.255 e. The number of ether oxygens (including phenoxy) is 1. The van der Waals surface area contributed by atoms with E-state index in [1.54, 1.807) is 4.90 Å². The van der Waals surface area contributed by atoms with E-state index in [2.05, 4.69) is 31.7 Å². The second kappa shape index (κ2) is 7.15. The van der Waals surface area contributed by atoms with Gasteiger partial charge in [0, 0.05) is 37.3 Å². The van der Waals surface area contributed by atoms with E-state index in [4.69, 9.17) is 4.74 Å². The number of benzene rings is 1. The van der Waals surface area contributed by atoms with Crippen LogP contribution in [0.25, 0.3) is 0 Å². The predicted molar refractivity (Wildman–Crippen MR) is 96.4 cm³/mol. The van der Waals surface area contributed by atoms with E-state index in [1.165, 1.54) is 0 Å². The van der Waals surface area contributed by atoms with E-state index in [1.807, 2.05) is 18.2 Å². The first kappa shape index (κ1) is 17.9. The number of carbonyl (C=O) groups is 1. The molecule has 1 unspecified atom stereocenters. The molecule has 134 valence electrons. The maximum Gasteiger partial charge on any atom is 0.255 e. The lowest BCUT2D eigenvalue weighted by Crippen LogP contribution is -2.38. The maximum absolute atomic E-state index is 12.8. The zero-order valence-electron chi connectivity index (χ0n) is 15.4. The van der Waals surface area contributed by atoms with Gasteiger partial charge in [0.15, 0.2) is 0 Å². The molecule has 0 saturated carbocycles. The van der Waals surface area contributed by atoms with Crippen LogP contribution in [0.2, 0.25) is 0 Å². The molecule has 2 aliphatic heterocycles. The number of fused-ring (bicyclic) bond motifs is 1. The summed E-state index contributed by atoms with van der Waals surface area (Å²) in [5, 5.41) is 9.67. The Balaban J connectivity index is 1.71. The molecule has 0 spiro atoms. The molecule has 0 radical (unpaired) electrons. The molecule has 0 bridgehead atoms. The highest BCUT2D eigenvalue weighted by molar-refractivity contribution is 5.99. The highest BCUT2D eigenvalue weighted by Gasteiger charge is 2.37. The zero-order valence-corrected chi connectivity index (χ0v) is 15.4. The molecule has 0 aliphatic carbocycles. The van der Waals surface area contributed by atoms with Crippen molar-refractivity contribution in [3.63, 3.8) is 0 Å². The van der Waals surface area contributed by atoms with Gasteiger partial charge in [-0.15, -0.1) is 0 Å². The van der Waals surface area contributed by atoms with E-state index in [0.717, 1.165) is 50.4 Å². The average molecular weight is 341 g/mol. The normalized spacial score (nSPS) is 21.3. The van der Waals surface area contributed by atoms with Crippen molar-refractivity contribution in [3.8, 4) is 6.07 Å². The topological polar surface area (TPSA) is 56.6 Å². The van der Waals surface area contributed by atoms with Crippen LogP contribution in [0.4, 0.5) is 0 Å². The fourth-order valence-electron chi connectivity index (χ4n) is 3.55. The van der Waals surface area contributed by atoms with Crippen LogP contribution in [0.1, 0.15) is 54.7 Å². The molecule has 5 heteroatoms. The zero-order chi connectivity index (χ0) is 18.0. The molecular weight excluding hydrogens is 314 g/mol. The summed E-state index contributed by atoms with van der Waals surface area (Å²) in [6.45, 7) is 11.5. The van der Waals surface area contributed by atoms with Crippen molar-refractivity contribution >= 4 is 5.91 Å². The third-order valence-corrected chi connectivity index (χ3v) is 5.11. The number of amides is 1. The number of hydrogen-bond donors (Lipinski definition) is 0. The molecular formula is C20H27N3O2. The van der Waals surface area contributed by atoms with Crippen molar-refractivity contribution in [3.05, 3.63) is 34.9 Å². The predicted octanol–water partition coefficient (Wildman–Crippen LogP) is 2.73. The van der Waals surface area contributed by atoms with Crippen molar-refractivity contribution in [1.29, 1.82) is 5.26 Å². The summed E-state index contributed by atoms with van der Waals surface area (Å²) in [6.07, 6.45) is 0.879. The van der Waals surface area contributed by atoms with Crippen LogP contribution >= 0.6 is 0 Å². The van der Waals surface area contributed by atoms with E-state index in [9.17, 15) is 10.1 Å². The molecule has 5 nitrogen and oxygen atoms in total. The molecule has 2 aliphatic rings. The first-order chi connectivity index (χ1) is 11.9. The summed E-state index contributed by atoms with van der Waals surface area (Å²) in [6, 6.07) is 7.83. The molecule has 2 heterocycles. The van der Waals surface area contributed by atoms with Gasteiger partial charge < -0.3 is 9.64 Å². The number of morpholine rings is 1. The first-order valence-corrected chi connectivity index (χ1v) is 9.07. The SMILES string of the molecule is CC(C)(C)c1ccc2c(c1)C(C#N)N(CCCN1CCOCC1)C2=O. The standard InChI is InChI=1S/C20H27N3O2/c1-20(2,3)15-5-6-16-17(13-15)18(14-21)23(19(16)24)8-4-7-22-9-11-25-12-10-22/h5-6,13,18H,4,7-12H2,1-3H3. The molecule has 1 aromatic carbocycles. The Bertz CT molecular complexity index is 681. The Morgan fingerprint density at radius 1 is 1.24 bits per heavy atom. The summed E-state index contributed by atoms with van der Waals surface area (Å²) in [7, 11) is 0. The van der Waals surface area contributed by atoms with Gasteiger partial charge in [0.25, 0.3) is 5.91 Å². The summed E-state index contributed by atoms with van der Waals surface area (Å²) >= 11 is 0. The van der Waals surface area contributed by atoms with Gasteiger partial charge in [0.1, 0.15) is 6.04 Å². The van der Waals surface area contributed by atoms with E-state index >= 15 is 0 Å². The van der Waals surface area contributed by atoms with Gasteiger partial charge in [0.05, 0.1) is 19.3 Å². The Kier molecular flexibility index (Phi) is 5.12. The number of carbonyl (C=O) groups excluding carboxylic acids is 1. The summed E-state index contributed by atoms with van der Waals surface area (Å²) in [4.78, 5) is 16.8. The van der Waals surface area contributed by atoms with Crippen molar-refractivity contribution in [2.45, 2.75) is 38.6 Å². The fraction of sp³-hybridized carbons (Fsp3) is 0.600. The van der Waals surface area contributed by atoms with Crippen molar-refractivity contribution in [2.75, 3.05) is 39.4 Å². The second-order valence-corrected chi connectivity index (χ2v) is 7.89. The number of nitriles is 1. The van der Waals surface area contributed by atoms with Gasteiger partial charge >= 0.3 is 0 Å². The van der Waals surface area contributed by atoms with E-state index in [-0.39, 0.29) is 11.3 Å². The highest BCUT2D eigenvalue weighted by Crippen LogP contribution is 2.36. The van der Waals surface area contributed by atoms with Crippen molar-refractivity contribution in [1.82, 2.24) is 9.80 Å². The number of hydrogen-bond acceptors (Lipinski definition) is 4. The van der Waals surface area contributed by atoms with Crippen LogP contribution in [0, 0.1) is 11.3 Å². The lowest BCUT2D eigenvalue weighted by molar-refractivity contribution is 0.0355. The quantitative estimate of drug-likeness (QED) is 0.845. The minimum absolute atomic E-state index is 0.00182. The molecule has 1 aromatic rings. The third-order valence-electron chi connectivity index (χ3n) is 5.11. The van der Waals surface area contributed by atoms with Crippen LogP contribution in [-0.2, 0) is 10.2 Å². The largest absolute Gasteiger partial charge is 0.379 e. The maximum atomic E-state index is 12.8. The minimum atomic E-state index is -0.463. The van der Waals surface area contributed by atoms with Gasteiger partial charge in [0.2, 0.25) is 0 Å². The summed E-state index contributed by atoms with van der Waals surface area (Å²) in [5.41, 5.74) is 2.72. The van der Waals surface area contributed by atoms with Crippen LogP contribution < -0.4 is 0 Å². The van der Waals surface area contributed by atoms with Gasteiger partial charge in [-0.2, -0.15) is 5.26 Å². The lowest BCUT2D eigenvalue weighted by Gasteiger charge is -2.28. The molecule has 0 aromatic heterocycles. The van der Waals surface area contributed by atoms with Gasteiger partial charge in [-0.3, -0.25) is 9.69 Å². The van der Waals surface area contributed by atoms with Crippen LogP contribution in [-0.4, -0.2) is 55.1 Å². The Hall–Kier alpha value is -1.90. The Labute approximate surface area is 150 Å². The summed E-state index contributed by atoms with van der Waals surface area (Å²) < 4.78 is 5.36. The average Bonchev–Trinajstić information content (AvgIpc) is 2.86. The van der Waals surface area contributed by atoms with Crippen molar-refractivity contribution in [2.24, 2.45) is 0 Å². The lowest BCUT2D eigenvalue weighted by atomic mass is 9.85. The van der Waals surface area contributed by atoms with Gasteiger partial charge in [-0.25, -0.2) is 0 Å². The molecule has 3 rings (SSSR count). The van der Waals surface area contributed by atoms with Crippen LogP contribution in [0.15, 0.2) is 18.2 Å². The van der Waals surface area contributed by atoms with Crippen LogP contribution in [0.5, 0.6) is 0 Å². The second-order valence-electron chi connectivity index (χ2n) is 7.89. The Morgan fingerprint density at radius 2 is 1.96 bits per heavy atom. The van der Waals surface area contributed by atoms with Crippen LogP contribution in [0.3, 0.4) is 0 Å². The minimum Gasteiger partial charge on any atom is -0.379 e. The van der Waals surface area contributed by atoms with Gasteiger partial charge in [-0.05, 0) is 23.5 Å². The fourth-order valence-corrected chi connectivity index (χ4v) is 3.55. The molecule has 0 N–H and O–H groups in total. The third kappa shape index (κ3) is 3.70. The highest BCUT2D eigenvalue weighted by atomic mass is 16.5. The summed E-state index contributed by atoms with van der Waals surface area (Å²) in [5.74, 6) is -0.0102. The number of nitrogens with zero attached hydrogens (tertiary/aromatic N) is 3. The van der Waals surface area contributed by atoms with Gasteiger partial charge in [-0.1, -0.05) is 32.9 Å². The molecule has 25 heavy (non-hydrogen) atoms. The molecule has 1 amide bonds.